The Morgan fingerprint density at radius 1 is 1.05 bits per heavy atom. The van der Waals surface area contributed by atoms with Crippen molar-refractivity contribution in [3.8, 4) is 28.8 Å². The summed E-state index contributed by atoms with van der Waals surface area (Å²) in [6.45, 7) is 0.951. The SMILES string of the molecule is COc1ccc(C[C@H](c2cccnc2N)N2CCOc3c(Cl)c(-c4nc(N)cc(C)c4C(F)(F)F)c(F)c4nc(OCC56CC(F)CN5C[C@H](F)C6)nc2c34)cc1. The number of alkyl halides is 5. The van der Waals surface area contributed by atoms with Crippen LogP contribution in [0.3, 0.4) is 0 Å². The number of methoxy groups -OCH3 is 1. The van der Waals surface area contributed by atoms with E-state index in [0.29, 0.717) is 17.7 Å². The summed E-state index contributed by atoms with van der Waals surface area (Å²) in [7, 11) is 1.55. The van der Waals surface area contributed by atoms with Gasteiger partial charge in [0.25, 0.3) is 0 Å². The topological polar surface area (TPSA) is 138 Å². The number of rotatable bonds is 9. The molecule has 0 bridgehead atoms. The van der Waals surface area contributed by atoms with Gasteiger partial charge in [-0.3, -0.25) is 4.90 Å². The normalized spacial score (nSPS) is 21.3. The molecule has 300 valence electrons. The number of aryl methyl sites for hydroxylation is 1. The van der Waals surface area contributed by atoms with Gasteiger partial charge in [0.2, 0.25) is 0 Å². The number of benzene rings is 2. The van der Waals surface area contributed by atoms with Gasteiger partial charge in [0, 0.05) is 37.7 Å². The van der Waals surface area contributed by atoms with Crippen LogP contribution in [0, 0.1) is 12.7 Å². The van der Waals surface area contributed by atoms with Crippen LogP contribution in [-0.4, -0.2) is 82.7 Å². The van der Waals surface area contributed by atoms with Gasteiger partial charge in [-0.05, 0) is 48.7 Å². The third-order valence-electron chi connectivity index (χ3n) is 10.9. The number of nitrogen functional groups attached to an aromatic ring is 2. The lowest BCUT2D eigenvalue weighted by Gasteiger charge is -2.33. The van der Waals surface area contributed by atoms with Gasteiger partial charge >= 0.3 is 12.2 Å². The van der Waals surface area contributed by atoms with Crippen LogP contribution in [0.25, 0.3) is 22.2 Å². The first-order chi connectivity index (χ1) is 27.2. The molecule has 4 atom stereocenters. The summed E-state index contributed by atoms with van der Waals surface area (Å²) in [6.07, 6.45) is -5.59. The fourth-order valence-electron chi connectivity index (χ4n) is 8.47. The average Bonchev–Trinajstić information content (AvgIpc) is 3.53. The summed E-state index contributed by atoms with van der Waals surface area (Å²) in [5, 5.41) is -0.568. The van der Waals surface area contributed by atoms with Gasteiger partial charge in [-0.25, -0.2) is 23.1 Å². The van der Waals surface area contributed by atoms with Gasteiger partial charge in [-0.1, -0.05) is 29.8 Å². The van der Waals surface area contributed by atoms with Crippen LogP contribution >= 0.6 is 11.6 Å². The van der Waals surface area contributed by atoms with Crippen molar-refractivity contribution >= 4 is 40.0 Å². The molecule has 0 aliphatic carbocycles. The first-order valence-corrected chi connectivity index (χ1v) is 18.5. The van der Waals surface area contributed by atoms with E-state index >= 15 is 4.39 Å². The third kappa shape index (κ3) is 6.94. The van der Waals surface area contributed by atoms with Crippen molar-refractivity contribution in [3.05, 3.63) is 81.8 Å². The molecule has 0 amide bonds. The quantitative estimate of drug-likeness (QED) is 0.144. The number of nitrogens with two attached hydrogens (primary N) is 2. The molecule has 3 aromatic heterocycles. The Bertz CT molecular complexity index is 2340. The Morgan fingerprint density at radius 2 is 1.77 bits per heavy atom. The molecule has 0 saturated carbocycles. The van der Waals surface area contributed by atoms with E-state index in [-0.39, 0.29) is 79.8 Å². The zero-order valence-electron chi connectivity index (χ0n) is 30.7. The lowest BCUT2D eigenvalue weighted by atomic mass is 9.94. The number of nitrogens with zero attached hydrogens (tertiary/aromatic N) is 6. The molecule has 0 radical (unpaired) electrons. The lowest BCUT2D eigenvalue weighted by Crippen LogP contribution is -2.43. The number of anilines is 3. The van der Waals surface area contributed by atoms with Crippen LogP contribution in [0.15, 0.2) is 48.7 Å². The van der Waals surface area contributed by atoms with Crippen LogP contribution < -0.4 is 30.6 Å². The van der Waals surface area contributed by atoms with Gasteiger partial charge in [0.15, 0.2) is 11.6 Å². The van der Waals surface area contributed by atoms with Crippen molar-refractivity contribution in [2.75, 3.05) is 56.3 Å². The number of halogens is 7. The molecule has 57 heavy (non-hydrogen) atoms. The Kier molecular flexibility index (Phi) is 9.87. The summed E-state index contributed by atoms with van der Waals surface area (Å²) >= 11 is 6.90. The molecule has 0 spiro atoms. The molecular formula is C39H37ClF6N8O3. The van der Waals surface area contributed by atoms with Crippen molar-refractivity contribution < 1.29 is 40.6 Å². The minimum atomic E-state index is -4.99. The van der Waals surface area contributed by atoms with E-state index in [0.717, 1.165) is 11.6 Å². The van der Waals surface area contributed by atoms with Crippen LogP contribution in [0.4, 0.5) is 43.8 Å². The highest BCUT2D eigenvalue weighted by molar-refractivity contribution is 6.36. The summed E-state index contributed by atoms with van der Waals surface area (Å²) in [4.78, 5) is 20.9. The highest BCUT2D eigenvalue weighted by Crippen LogP contribution is 2.51. The lowest BCUT2D eigenvalue weighted by molar-refractivity contribution is -0.137. The highest BCUT2D eigenvalue weighted by atomic mass is 35.5. The zero-order valence-corrected chi connectivity index (χ0v) is 31.5. The van der Waals surface area contributed by atoms with Crippen LogP contribution in [0.1, 0.15) is 41.1 Å². The standard InChI is InChI=1S/C39H37ClF6N8O3/c1-19-12-26(47)50-32(29(19)39(44,45)46)27-30(40)34-28-33(31(27)43)51-37(57-18-38-14-21(41)16-53(38)17-22(42)15-38)52-36(28)54(10-11-56-34)25(24-4-3-9-49-35(24)48)13-20-5-7-23(55-2)8-6-20/h3-9,12,21-22,25H,10-11,13-18H2,1-2H3,(H2,47,50)(H2,48,49)/t21-,22?,25-,38?/m1/s1. The van der Waals surface area contributed by atoms with Crippen LogP contribution in [-0.2, 0) is 12.6 Å². The minimum absolute atomic E-state index is 0.00300. The van der Waals surface area contributed by atoms with Gasteiger partial charge in [-0.15, -0.1) is 0 Å². The van der Waals surface area contributed by atoms with Gasteiger partial charge in [0.05, 0.1) is 52.5 Å². The first-order valence-electron chi connectivity index (χ1n) is 18.1. The zero-order chi connectivity index (χ0) is 40.4. The maximum atomic E-state index is 17.4. The maximum Gasteiger partial charge on any atom is 0.418 e. The maximum absolute atomic E-state index is 17.4. The van der Waals surface area contributed by atoms with Gasteiger partial charge < -0.3 is 30.6 Å². The largest absolute Gasteiger partial charge is 0.497 e. The molecule has 11 nitrogen and oxygen atoms in total. The van der Waals surface area contributed by atoms with Gasteiger partial charge in [0.1, 0.15) is 54.3 Å². The third-order valence-corrected chi connectivity index (χ3v) is 11.3. The Hall–Kier alpha value is -5.29. The fourth-order valence-corrected chi connectivity index (χ4v) is 8.79. The van der Waals surface area contributed by atoms with Crippen molar-refractivity contribution in [2.45, 2.75) is 56.3 Å². The number of aromatic nitrogens is 4. The van der Waals surface area contributed by atoms with Crippen molar-refractivity contribution in [2.24, 2.45) is 0 Å². The van der Waals surface area contributed by atoms with E-state index in [9.17, 15) is 22.0 Å². The highest BCUT2D eigenvalue weighted by Gasteiger charge is 2.53. The van der Waals surface area contributed by atoms with Crippen molar-refractivity contribution in [3.63, 3.8) is 0 Å². The second-order valence-electron chi connectivity index (χ2n) is 14.6. The molecule has 6 heterocycles. The predicted octanol–water partition coefficient (Wildman–Crippen LogP) is 7.47. The summed E-state index contributed by atoms with van der Waals surface area (Å²) < 4.78 is 108. The van der Waals surface area contributed by atoms with Crippen LogP contribution in [0.5, 0.6) is 17.5 Å². The minimum Gasteiger partial charge on any atom is -0.497 e. The molecule has 5 aromatic rings. The number of hydrogen-bond donors (Lipinski definition) is 2. The van der Waals surface area contributed by atoms with Gasteiger partial charge in [-0.2, -0.15) is 23.1 Å². The summed E-state index contributed by atoms with van der Waals surface area (Å²) in [5.41, 5.74) is 9.17. The summed E-state index contributed by atoms with van der Waals surface area (Å²) in [5.74, 6) is -0.880. The average molecular weight is 815 g/mol. The van der Waals surface area contributed by atoms with E-state index in [1.165, 1.54) is 13.1 Å². The number of hydrogen-bond acceptors (Lipinski definition) is 11. The Labute approximate surface area is 327 Å². The molecule has 4 N–H and O–H groups in total. The molecule has 2 fully saturated rings. The second-order valence-corrected chi connectivity index (χ2v) is 15.0. The van der Waals surface area contributed by atoms with E-state index in [1.54, 1.807) is 41.2 Å². The molecular weight excluding hydrogens is 778 g/mol. The smallest absolute Gasteiger partial charge is 0.418 e. The molecule has 2 saturated heterocycles. The van der Waals surface area contributed by atoms with E-state index in [1.807, 2.05) is 12.1 Å². The van der Waals surface area contributed by atoms with Crippen molar-refractivity contribution in [1.29, 1.82) is 0 Å². The molecule has 2 aromatic carbocycles. The molecule has 18 heteroatoms. The van der Waals surface area contributed by atoms with Crippen LogP contribution in [0.2, 0.25) is 5.02 Å². The van der Waals surface area contributed by atoms with E-state index in [2.05, 4.69) is 15.0 Å². The Morgan fingerprint density at radius 3 is 2.44 bits per heavy atom. The Balaban J connectivity index is 1.36. The molecule has 3 aliphatic heterocycles. The second kappa shape index (κ2) is 14.6. The number of ether oxygens (including phenoxy) is 3. The summed E-state index contributed by atoms with van der Waals surface area (Å²) in [6, 6.07) is 10.8. The molecule has 3 aliphatic rings. The van der Waals surface area contributed by atoms with Crippen molar-refractivity contribution in [1.82, 2.24) is 24.8 Å². The monoisotopic (exact) mass is 814 g/mol. The number of pyridine rings is 2. The first kappa shape index (κ1) is 38.6. The van der Waals surface area contributed by atoms with E-state index in [4.69, 9.17) is 42.3 Å². The fraction of sp³-hybridized carbons (Fsp3) is 0.385. The molecule has 2 unspecified atom stereocenters. The predicted molar refractivity (Wildman–Crippen MR) is 202 cm³/mol. The molecule has 8 rings (SSSR count). The number of fused-ring (bicyclic) bond motifs is 1. The van der Waals surface area contributed by atoms with E-state index < -0.39 is 69.3 Å².